The van der Waals surface area contributed by atoms with Gasteiger partial charge in [0.25, 0.3) is 0 Å². The summed E-state index contributed by atoms with van der Waals surface area (Å²) in [6.07, 6.45) is 1.06. The van der Waals surface area contributed by atoms with Crippen molar-refractivity contribution in [2.75, 3.05) is 25.1 Å². The Morgan fingerprint density at radius 1 is 0.964 bits per heavy atom. The minimum absolute atomic E-state index is 0.0704. The second-order valence-corrected chi connectivity index (χ2v) is 7.43. The number of benzene rings is 2. The average Bonchev–Trinajstić information content (AvgIpc) is 2.71. The Morgan fingerprint density at radius 3 is 2.43 bits per heavy atom. The fraction of sp³-hybridized carbons (Fsp3) is 0.364. The van der Waals surface area contributed by atoms with Crippen molar-refractivity contribution >= 4 is 17.5 Å². The van der Waals surface area contributed by atoms with Crippen molar-refractivity contribution in [1.82, 2.24) is 5.32 Å². The summed E-state index contributed by atoms with van der Waals surface area (Å²) >= 11 is 0. The molecule has 6 heteroatoms. The lowest BCUT2D eigenvalue weighted by Gasteiger charge is -2.25. The molecule has 0 aromatic heterocycles. The Bertz CT molecular complexity index is 834. The summed E-state index contributed by atoms with van der Waals surface area (Å²) in [4.78, 5) is 24.3. The zero-order valence-electron chi connectivity index (χ0n) is 16.3. The van der Waals surface area contributed by atoms with Crippen LogP contribution in [-0.4, -0.2) is 31.6 Å². The normalized spacial score (nSPS) is 12.9. The molecule has 148 valence electrons. The summed E-state index contributed by atoms with van der Waals surface area (Å²) in [5.74, 6) is 0.850. The molecule has 28 heavy (non-hydrogen) atoms. The van der Waals surface area contributed by atoms with E-state index in [1.807, 2.05) is 18.2 Å². The molecule has 6 nitrogen and oxygen atoms in total. The Labute approximate surface area is 165 Å². The Hall–Kier alpha value is -3.02. The van der Waals surface area contributed by atoms with E-state index in [1.54, 1.807) is 18.2 Å². The van der Waals surface area contributed by atoms with Crippen LogP contribution in [0.3, 0.4) is 0 Å². The molecule has 0 atom stereocenters. The van der Waals surface area contributed by atoms with Crippen LogP contribution >= 0.6 is 0 Å². The van der Waals surface area contributed by atoms with Crippen molar-refractivity contribution in [3.8, 4) is 11.5 Å². The van der Waals surface area contributed by atoms with Gasteiger partial charge in [0, 0.05) is 18.2 Å². The largest absolute Gasteiger partial charge is 0.486 e. The molecule has 2 N–H and O–H groups in total. The van der Waals surface area contributed by atoms with Crippen molar-refractivity contribution in [2.24, 2.45) is 0 Å². The SMILES string of the molecule is CC(C)(CCC(=O)NCC(=O)Nc1ccc2c(c1)OCCO2)c1ccccc1. The van der Waals surface area contributed by atoms with Crippen LogP contribution < -0.4 is 20.1 Å². The molecular weight excluding hydrogens is 356 g/mol. The summed E-state index contributed by atoms with van der Waals surface area (Å²) < 4.78 is 11.0. The lowest BCUT2D eigenvalue weighted by Crippen LogP contribution is -2.33. The molecule has 0 bridgehead atoms. The summed E-state index contributed by atoms with van der Waals surface area (Å²) in [6, 6.07) is 15.3. The van der Waals surface area contributed by atoms with E-state index < -0.39 is 0 Å². The molecule has 2 amide bonds. The van der Waals surface area contributed by atoms with Crippen molar-refractivity contribution < 1.29 is 19.1 Å². The Morgan fingerprint density at radius 2 is 1.68 bits per heavy atom. The van der Waals surface area contributed by atoms with Gasteiger partial charge in [-0.05, 0) is 29.5 Å². The molecule has 0 saturated heterocycles. The van der Waals surface area contributed by atoms with E-state index in [-0.39, 0.29) is 23.8 Å². The molecule has 2 aromatic rings. The van der Waals surface area contributed by atoms with Crippen molar-refractivity contribution in [2.45, 2.75) is 32.1 Å². The number of rotatable bonds is 7. The third kappa shape index (κ3) is 5.25. The lowest BCUT2D eigenvalue weighted by atomic mass is 9.80. The van der Waals surface area contributed by atoms with Crippen LogP contribution in [-0.2, 0) is 15.0 Å². The first-order valence-corrected chi connectivity index (χ1v) is 9.46. The quantitative estimate of drug-likeness (QED) is 0.771. The van der Waals surface area contributed by atoms with E-state index in [1.165, 1.54) is 5.56 Å². The predicted octanol–water partition coefficient (Wildman–Crippen LogP) is 3.27. The van der Waals surface area contributed by atoms with Crippen LogP contribution in [0.2, 0.25) is 0 Å². The van der Waals surface area contributed by atoms with E-state index in [0.29, 0.717) is 43.2 Å². The van der Waals surface area contributed by atoms with E-state index in [4.69, 9.17) is 9.47 Å². The third-order valence-electron chi connectivity index (χ3n) is 4.80. The highest BCUT2D eigenvalue weighted by Gasteiger charge is 2.21. The zero-order valence-corrected chi connectivity index (χ0v) is 16.3. The summed E-state index contributed by atoms with van der Waals surface area (Å²) in [7, 11) is 0. The molecule has 0 unspecified atom stereocenters. The van der Waals surface area contributed by atoms with Gasteiger partial charge in [0.2, 0.25) is 11.8 Å². The van der Waals surface area contributed by atoms with Crippen molar-refractivity contribution in [1.29, 1.82) is 0 Å². The number of carbonyl (C=O) groups is 2. The maximum absolute atomic E-state index is 12.1. The predicted molar refractivity (Wildman–Crippen MR) is 108 cm³/mol. The van der Waals surface area contributed by atoms with Crippen LogP contribution in [0, 0.1) is 0 Å². The number of amides is 2. The fourth-order valence-electron chi connectivity index (χ4n) is 3.05. The first-order valence-electron chi connectivity index (χ1n) is 9.46. The number of hydrogen-bond acceptors (Lipinski definition) is 4. The van der Waals surface area contributed by atoms with Crippen molar-refractivity contribution in [3.05, 3.63) is 54.1 Å². The monoisotopic (exact) mass is 382 g/mol. The van der Waals surface area contributed by atoms with Gasteiger partial charge >= 0.3 is 0 Å². The number of ether oxygens (including phenoxy) is 2. The molecule has 1 aliphatic rings. The van der Waals surface area contributed by atoms with Gasteiger partial charge in [-0.15, -0.1) is 0 Å². The zero-order chi connectivity index (χ0) is 20.0. The summed E-state index contributed by atoms with van der Waals surface area (Å²) in [6.45, 7) is 5.17. The number of anilines is 1. The third-order valence-corrected chi connectivity index (χ3v) is 4.80. The number of fused-ring (bicyclic) bond motifs is 1. The lowest BCUT2D eigenvalue weighted by molar-refractivity contribution is -0.124. The van der Waals surface area contributed by atoms with Crippen molar-refractivity contribution in [3.63, 3.8) is 0 Å². The molecule has 1 heterocycles. The van der Waals surface area contributed by atoms with Gasteiger partial charge in [0.1, 0.15) is 13.2 Å². The molecule has 2 aromatic carbocycles. The van der Waals surface area contributed by atoms with Gasteiger partial charge in [-0.1, -0.05) is 44.2 Å². The molecule has 3 rings (SSSR count). The smallest absolute Gasteiger partial charge is 0.243 e. The second kappa shape index (κ2) is 8.78. The van der Waals surface area contributed by atoms with Gasteiger partial charge in [0.05, 0.1) is 6.54 Å². The first kappa shape index (κ1) is 19.7. The van der Waals surface area contributed by atoms with Gasteiger partial charge in [-0.2, -0.15) is 0 Å². The maximum Gasteiger partial charge on any atom is 0.243 e. The summed E-state index contributed by atoms with van der Waals surface area (Å²) in [5.41, 5.74) is 1.69. The average molecular weight is 382 g/mol. The van der Waals surface area contributed by atoms with Gasteiger partial charge < -0.3 is 20.1 Å². The number of hydrogen-bond donors (Lipinski definition) is 2. The first-order chi connectivity index (χ1) is 13.4. The second-order valence-electron chi connectivity index (χ2n) is 7.43. The highest BCUT2D eigenvalue weighted by molar-refractivity contribution is 5.94. The van der Waals surface area contributed by atoms with E-state index >= 15 is 0 Å². The van der Waals surface area contributed by atoms with Crippen LogP contribution in [0.25, 0.3) is 0 Å². The minimum atomic E-state index is -0.285. The highest BCUT2D eigenvalue weighted by atomic mass is 16.6. The molecule has 1 aliphatic heterocycles. The highest BCUT2D eigenvalue weighted by Crippen LogP contribution is 2.32. The van der Waals surface area contributed by atoms with E-state index in [2.05, 4.69) is 36.6 Å². The maximum atomic E-state index is 12.1. The molecule has 0 fully saturated rings. The topological polar surface area (TPSA) is 76.7 Å². The number of nitrogens with one attached hydrogen (secondary N) is 2. The number of carbonyl (C=O) groups excluding carboxylic acids is 2. The van der Waals surface area contributed by atoms with Gasteiger partial charge in [0.15, 0.2) is 11.5 Å². The van der Waals surface area contributed by atoms with E-state index in [9.17, 15) is 9.59 Å². The van der Waals surface area contributed by atoms with Gasteiger partial charge in [-0.3, -0.25) is 9.59 Å². The minimum Gasteiger partial charge on any atom is -0.486 e. The van der Waals surface area contributed by atoms with Crippen LogP contribution in [0.4, 0.5) is 5.69 Å². The molecule has 0 aliphatic carbocycles. The molecule has 0 spiro atoms. The summed E-state index contributed by atoms with van der Waals surface area (Å²) in [5, 5.41) is 5.44. The van der Waals surface area contributed by atoms with Crippen LogP contribution in [0.5, 0.6) is 11.5 Å². The van der Waals surface area contributed by atoms with Gasteiger partial charge in [-0.25, -0.2) is 0 Å². The fourth-order valence-corrected chi connectivity index (χ4v) is 3.05. The van der Waals surface area contributed by atoms with Crippen LogP contribution in [0.1, 0.15) is 32.3 Å². The molecule has 0 radical (unpaired) electrons. The standard InChI is InChI=1S/C22H26N2O4/c1-22(2,16-6-4-3-5-7-16)11-10-20(25)23-15-21(26)24-17-8-9-18-19(14-17)28-13-12-27-18/h3-9,14H,10-13,15H2,1-2H3,(H,23,25)(H,24,26). The Balaban J connectivity index is 1.43. The van der Waals surface area contributed by atoms with E-state index in [0.717, 1.165) is 0 Å². The molecule has 0 saturated carbocycles. The van der Waals surface area contributed by atoms with Crippen LogP contribution in [0.15, 0.2) is 48.5 Å². The Kier molecular flexibility index (Phi) is 6.19. The molecular formula is C22H26N2O4.